The minimum Gasteiger partial charge on any atom is -0.207 e. The summed E-state index contributed by atoms with van der Waals surface area (Å²) >= 11 is 3.42. The van der Waals surface area contributed by atoms with Crippen LogP contribution in [0.5, 0.6) is 0 Å². The second-order valence-corrected chi connectivity index (χ2v) is 4.17. The minimum absolute atomic E-state index is 0.0966. The van der Waals surface area contributed by atoms with E-state index in [2.05, 4.69) is 29.8 Å². The molecule has 0 amide bonds. The Kier molecular flexibility index (Phi) is 3.91. The maximum atomic E-state index is 13.4. The SMILES string of the molecule is CC(C)C(CBr)c1ccccc1F. The second-order valence-electron chi connectivity index (χ2n) is 3.53. The molecule has 0 aromatic heterocycles. The lowest BCUT2D eigenvalue weighted by Crippen LogP contribution is -2.09. The van der Waals surface area contributed by atoms with Crippen LogP contribution in [0.25, 0.3) is 0 Å². The van der Waals surface area contributed by atoms with Crippen LogP contribution in [-0.4, -0.2) is 5.33 Å². The van der Waals surface area contributed by atoms with Crippen LogP contribution < -0.4 is 0 Å². The van der Waals surface area contributed by atoms with Gasteiger partial charge in [-0.05, 0) is 23.5 Å². The lowest BCUT2D eigenvalue weighted by Gasteiger charge is -2.18. The average Bonchev–Trinajstić information content (AvgIpc) is 2.09. The minimum atomic E-state index is -0.0966. The monoisotopic (exact) mass is 244 g/mol. The summed E-state index contributed by atoms with van der Waals surface area (Å²) < 4.78 is 13.4. The molecule has 72 valence electrons. The Balaban J connectivity index is 2.97. The first-order chi connectivity index (χ1) is 6.16. The topological polar surface area (TPSA) is 0 Å². The summed E-state index contributed by atoms with van der Waals surface area (Å²) in [6, 6.07) is 7.00. The summed E-state index contributed by atoms with van der Waals surface area (Å²) in [5, 5.41) is 0.811. The van der Waals surface area contributed by atoms with Crippen molar-refractivity contribution in [2.75, 3.05) is 5.33 Å². The fourth-order valence-corrected chi connectivity index (χ4v) is 2.49. The van der Waals surface area contributed by atoms with Crippen LogP contribution in [0.2, 0.25) is 0 Å². The van der Waals surface area contributed by atoms with Crippen molar-refractivity contribution in [2.24, 2.45) is 5.92 Å². The molecule has 0 N–H and O–H groups in total. The molecule has 0 fully saturated rings. The number of rotatable bonds is 3. The Hall–Kier alpha value is -0.370. The number of benzene rings is 1. The zero-order chi connectivity index (χ0) is 9.84. The number of hydrogen-bond donors (Lipinski definition) is 0. The molecule has 1 atom stereocenters. The van der Waals surface area contributed by atoms with Gasteiger partial charge in [-0.2, -0.15) is 0 Å². The van der Waals surface area contributed by atoms with Gasteiger partial charge in [0, 0.05) is 5.33 Å². The zero-order valence-electron chi connectivity index (χ0n) is 7.93. The van der Waals surface area contributed by atoms with Crippen molar-refractivity contribution < 1.29 is 4.39 Å². The molecule has 0 saturated heterocycles. The predicted molar refractivity (Wildman–Crippen MR) is 57.8 cm³/mol. The van der Waals surface area contributed by atoms with E-state index in [4.69, 9.17) is 0 Å². The Labute approximate surface area is 87.3 Å². The first-order valence-corrected chi connectivity index (χ1v) is 5.59. The van der Waals surface area contributed by atoms with E-state index < -0.39 is 0 Å². The summed E-state index contributed by atoms with van der Waals surface area (Å²) in [6.45, 7) is 4.22. The van der Waals surface area contributed by atoms with E-state index >= 15 is 0 Å². The smallest absolute Gasteiger partial charge is 0.126 e. The Morgan fingerprint density at radius 1 is 1.31 bits per heavy atom. The van der Waals surface area contributed by atoms with Crippen LogP contribution in [0.3, 0.4) is 0 Å². The Morgan fingerprint density at radius 2 is 1.92 bits per heavy atom. The van der Waals surface area contributed by atoms with Gasteiger partial charge in [0.05, 0.1) is 0 Å². The molecule has 2 heteroatoms. The molecule has 0 nitrogen and oxygen atoms in total. The summed E-state index contributed by atoms with van der Waals surface area (Å²) in [7, 11) is 0. The van der Waals surface area contributed by atoms with Gasteiger partial charge in [-0.25, -0.2) is 4.39 Å². The van der Waals surface area contributed by atoms with Crippen LogP contribution in [0.4, 0.5) is 4.39 Å². The Bertz CT molecular complexity index is 271. The molecule has 0 saturated carbocycles. The van der Waals surface area contributed by atoms with Gasteiger partial charge >= 0.3 is 0 Å². The quantitative estimate of drug-likeness (QED) is 0.707. The molecule has 1 aromatic rings. The third-order valence-corrected chi connectivity index (χ3v) is 2.97. The van der Waals surface area contributed by atoms with Gasteiger partial charge in [0.1, 0.15) is 5.82 Å². The number of hydrogen-bond acceptors (Lipinski definition) is 0. The van der Waals surface area contributed by atoms with E-state index in [9.17, 15) is 4.39 Å². The van der Waals surface area contributed by atoms with Gasteiger partial charge in [0.15, 0.2) is 0 Å². The average molecular weight is 245 g/mol. The summed E-state index contributed by atoms with van der Waals surface area (Å²) in [5.41, 5.74) is 0.814. The van der Waals surface area contributed by atoms with Crippen molar-refractivity contribution >= 4 is 15.9 Å². The van der Waals surface area contributed by atoms with Gasteiger partial charge in [-0.3, -0.25) is 0 Å². The molecule has 1 unspecified atom stereocenters. The van der Waals surface area contributed by atoms with Crippen LogP contribution in [-0.2, 0) is 0 Å². The van der Waals surface area contributed by atoms with E-state index in [0.29, 0.717) is 5.92 Å². The zero-order valence-corrected chi connectivity index (χ0v) is 9.51. The highest BCUT2D eigenvalue weighted by Gasteiger charge is 2.17. The van der Waals surface area contributed by atoms with E-state index in [1.54, 1.807) is 6.07 Å². The number of halogens is 2. The number of alkyl halides is 1. The van der Waals surface area contributed by atoms with E-state index in [0.717, 1.165) is 10.9 Å². The van der Waals surface area contributed by atoms with Gasteiger partial charge in [-0.1, -0.05) is 48.0 Å². The normalized spacial score (nSPS) is 13.3. The third kappa shape index (κ3) is 2.53. The fraction of sp³-hybridized carbons (Fsp3) is 0.455. The molecule has 0 bridgehead atoms. The highest BCUT2D eigenvalue weighted by atomic mass is 79.9. The predicted octanol–water partition coefficient (Wildman–Crippen LogP) is 3.96. The van der Waals surface area contributed by atoms with Gasteiger partial charge in [-0.15, -0.1) is 0 Å². The molecule has 1 aromatic carbocycles. The van der Waals surface area contributed by atoms with Crippen molar-refractivity contribution in [1.82, 2.24) is 0 Å². The Morgan fingerprint density at radius 3 is 2.38 bits per heavy atom. The molecular formula is C11H14BrF. The van der Waals surface area contributed by atoms with E-state index in [-0.39, 0.29) is 11.7 Å². The molecule has 0 spiro atoms. The molecule has 1 rings (SSSR count). The summed E-state index contributed by atoms with van der Waals surface area (Å²) in [5.74, 6) is 0.623. The lowest BCUT2D eigenvalue weighted by atomic mass is 9.90. The molecule has 0 heterocycles. The maximum absolute atomic E-state index is 13.4. The molecule has 13 heavy (non-hydrogen) atoms. The van der Waals surface area contributed by atoms with Crippen molar-refractivity contribution in [3.8, 4) is 0 Å². The van der Waals surface area contributed by atoms with Crippen molar-refractivity contribution in [3.05, 3.63) is 35.6 Å². The fourth-order valence-electron chi connectivity index (χ4n) is 1.40. The first kappa shape index (κ1) is 10.7. The molecule has 0 aliphatic heterocycles. The summed E-state index contributed by atoms with van der Waals surface area (Å²) in [4.78, 5) is 0. The lowest BCUT2D eigenvalue weighted by molar-refractivity contribution is 0.509. The maximum Gasteiger partial charge on any atom is 0.126 e. The largest absolute Gasteiger partial charge is 0.207 e. The van der Waals surface area contributed by atoms with Gasteiger partial charge in [0.2, 0.25) is 0 Å². The van der Waals surface area contributed by atoms with Crippen LogP contribution >= 0.6 is 15.9 Å². The van der Waals surface area contributed by atoms with Crippen molar-refractivity contribution in [3.63, 3.8) is 0 Å². The highest BCUT2D eigenvalue weighted by Crippen LogP contribution is 2.27. The van der Waals surface area contributed by atoms with Crippen LogP contribution in [0, 0.1) is 11.7 Å². The van der Waals surface area contributed by atoms with Crippen molar-refractivity contribution in [2.45, 2.75) is 19.8 Å². The van der Waals surface area contributed by atoms with E-state index in [1.807, 2.05) is 12.1 Å². The highest BCUT2D eigenvalue weighted by molar-refractivity contribution is 9.09. The standard InChI is InChI=1S/C11H14BrF/c1-8(2)10(7-12)9-5-3-4-6-11(9)13/h3-6,8,10H,7H2,1-2H3. The molecule has 0 radical (unpaired) electrons. The molecule has 0 aliphatic carbocycles. The van der Waals surface area contributed by atoms with Crippen LogP contribution in [0.1, 0.15) is 25.3 Å². The van der Waals surface area contributed by atoms with E-state index in [1.165, 1.54) is 6.07 Å². The third-order valence-electron chi connectivity index (χ3n) is 2.28. The van der Waals surface area contributed by atoms with Crippen LogP contribution in [0.15, 0.2) is 24.3 Å². The molecule has 0 aliphatic rings. The van der Waals surface area contributed by atoms with Gasteiger partial charge < -0.3 is 0 Å². The second kappa shape index (κ2) is 4.75. The first-order valence-electron chi connectivity index (χ1n) is 4.47. The molecular weight excluding hydrogens is 231 g/mol. The van der Waals surface area contributed by atoms with Gasteiger partial charge in [0.25, 0.3) is 0 Å². The van der Waals surface area contributed by atoms with Crippen molar-refractivity contribution in [1.29, 1.82) is 0 Å². The summed E-state index contributed by atoms with van der Waals surface area (Å²) in [6.07, 6.45) is 0.